The van der Waals surface area contributed by atoms with Crippen LogP contribution in [0, 0.1) is 5.92 Å². The normalized spacial score (nSPS) is 20.1. The predicted octanol–water partition coefficient (Wildman–Crippen LogP) is 1.49. The number of nitrogens with one attached hydrogen (secondary N) is 1. The first-order chi connectivity index (χ1) is 14.9. The number of guanidine groups is 1. The summed E-state index contributed by atoms with van der Waals surface area (Å²) in [4.78, 5) is 26.3. The zero-order chi connectivity index (χ0) is 22.2. The van der Waals surface area contributed by atoms with E-state index >= 15 is 0 Å². The monoisotopic (exact) mass is 448 g/mol. The first-order valence-corrected chi connectivity index (χ1v) is 11.7. The Kier molecular flexibility index (Phi) is 8.99. The molecule has 7 nitrogen and oxygen atoms in total. The van der Waals surface area contributed by atoms with Crippen LogP contribution in [-0.2, 0) is 11.2 Å². The lowest BCUT2D eigenvalue weighted by atomic mass is 10.1. The van der Waals surface area contributed by atoms with Gasteiger partial charge in [-0.05, 0) is 30.7 Å². The number of carbonyl (C=O) groups excluding carboxylic acids is 1. The summed E-state index contributed by atoms with van der Waals surface area (Å²) in [5, 5.41) is 4.22. The van der Waals surface area contributed by atoms with Crippen LogP contribution in [0.1, 0.15) is 12.5 Å². The van der Waals surface area contributed by atoms with Gasteiger partial charge in [0.15, 0.2) is 5.96 Å². The van der Waals surface area contributed by atoms with Gasteiger partial charge in [-0.3, -0.25) is 9.79 Å². The van der Waals surface area contributed by atoms with Crippen molar-refractivity contribution < 1.29 is 4.79 Å². The number of hydrogen-bond donors (Lipinski definition) is 1. The Balaban J connectivity index is 1.39. The van der Waals surface area contributed by atoms with Crippen LogP contribution in [0.15, 0.2) is 29.3 Å². The van der Waals surface area contributed by atoms with Crippen LogP contribution in [0.4, 0.5) is 0 Å². The maximum Gasteiger partial charge on any atom is 0.227 e. The van der Waals surface area contributed by atoms with E-state index in [4.69, 9.17) is 11.6 Å². The molecule has 0 bridgehead atoms. The largest absolute Gasteiger partial charge is 0.356 e. The third-order valence-corrected chi connectivity index (χ3v) is 6.40. The number of amides is 1. The molecule has 172 valence electrons. The molecule has 3 rings (SSSR count). The Morgan fingerprint density at radius 1 is 1.10 bits per heavy atom. The number of piperazine rings is 2. The highest BCUT2D eigenvalue weighted by molar-refractivity contribution is 6.30. The SMILES string of the molecule is CN=C(NCC(C)CN1CCN(C)CC1)N1CCN(C(=O)Cc2cccc(Cl)c2)CC1. The van der Waals surface area contributed by atoms with Crippen LogP contribution < -0.4 is 5.32 Å². The molecule has 2 heterocycles. The maximum atomic E-state index is 12.7. The fourth-order valence-electron chi connectivity index (χ4n) is 4.23. The van der Waals surface area contributed by atoms with Crippen molar-refractivity contribution in [2.75, 3.05) is 79.5 Å². The Labute approximate surface area is 192 Å². The average Bonchev–Trinajstić information content (AvgIpc) is 2.76. The highest BCUT2D eigenvalue weighted by Gasteiger charge is 2.23. The van der Waals surface area contributed by atoms with Crippen molar-refractivity contribution in [3.8, 4) is 0 Å². The van der Waals surface area contributed by atoms with Crippen molar-refractivity contribution in [3.05, 3.63) is 34.9 Å². The van der Waals surface area contributed by atoms with Gasteiger partial charge in [0.25, 0.3) is 0 Å². The number of nitrogens with zero attached hydrogens (tertiary/aromatic N) is 5. The quantitative estimate of drug-likeness (QED) is 0.527. The van der Waals surface area contributed by atoms with E-state index < -0.39 is 0 Å². The summed E-state index contributed by atoms with van der Waals surface area (Å²) < 4.78 is 0. The number of halogens is 1. The second-order valence-electron chi connectivity index (χ2n) is 8.81. The molecular weight excluding hydrogens is 412 g/mol. The van der Waals surface area contributed by atoms with Gasteiger partial charge in [0.2, 0.25) is 5.91 Å². The van der Waals surface area contributed by atoms with E-state index in [1.54, 1.807) is 0 Å². The minimum atomic E-state index is 0.158. The molecule has 2 fully saturated rings. The molecule has 1 N–H and O–H groups in total. The van der Waals surface area contributed by atoms with Gasteiger partial charge < -0.3 is 24.9 Å². The minimum absolute atomic E-state index is 0.158. The molecule has 1 unspecified atom stereocenters. The molecule has 0 aromatic heterocycles. The van der Waals surface area contributed by atoms with Gasteiger partial charge in [0, 0.05) is 77.5 Å². The van der Waals surface area contributed by atoms with Crippen LogP contribution in [0.25, 0.3) is 0 Å². The molecule has 1 aromatic rings. The lowest BCUT2D eigenvalue weighted by molar-refractivity contribution is -0.131. The lowest BCUT2D eigenvalue weighted by Crippen LogP contribution is -2.54. The molecule has 1 aromatic carbocycles. The van der Waals surface area contributed by atoms with E-state index in [-0.39, 0.29) is 5.91 Å². The number of aliphatic imine (C=N–C) groups is 1. The first-order valence-electron chi connectivity index (χ1n) is 11.3. The molecule has 0 radical (unpaired) electrons. The zero-order valence-electron chi connectivity index (χ0n) is 19.2. The van der Waals surface area contributed by atoms with Crippen molar-refractivity contribution in [2.24, 2.45) is 10.9 Å². The Morgan fingerprint density at radius 3 is 2.42 bits per heavy atom. The standard InChI is InChI=1S/C23H37ClN6O/c1-19(18-28-9-7-27(3)8-10-28)17-26-23(25-2)30-13-11-29(12-14-30)22(31)16-20-5-4-6-21(24)15-20/h4-6,15,19H,7-14,16-18H2,1-3H3,(H,25,26). The smallest absolute Gasteiger partial charge is 0.227 e. The Morgan fingerprint density at radius 2 is 1.77 bits per heavy atom. The molecule has 0 spiro atoms. The molecule has 2 aliphatic heterocycles. The number of likely N-dealkylation sites (N-methyl/N-ethyl adjacent to an activating group) is 1. The van der Waals surface area contributed by atoms with Gasteiger partial charge in [-0.1, -0.05) is 30.7 Å². The van der Waals surface area contributed by atoms with Crippen molar-refractivity contribution in [2.45, 2.75) is 13.3 Å². The summed E-state index contributed by atoms with van der Waals surface area (Å²) in [6.45, 7) is 12.0. The number of hydrogen-bond acceptors (Lipinski definition) is 4. The van der Waals surface area contributed by atoms with Crippen molar-refractivity contribution in [1.82, 2.24) is 24.9 Å². The molecule has 0 aliphatic carbocycles. The van der Waals surface area contributed by atoms with E-state index in [1.165, 1.54) is 0 Å². The van der Waals surface area contributed by atoms with Crippen molar-refractivity contribution in [3.63, 3.8) is 0 Å². The molecule has 31 heavy (non-hydrogen) atoms. The fraction of sp³-hybridized carbons (Fsp3) is 0.652. The summed E-state index contributed by atoms with van der Waals surface area (Å²) in [6.07, 6.45) is 0.400. The molecule has 1 atom stereocenters. The van der Waals surface area contributed by atoms with E-state index in [0.717, 1.165) is 77.0 Å². The second kappa shape index (κ2) is 11.7. The molecule has 0 saturated carbocycles. The topological polar surface area (TPSA) is 54.4 Å². The molecule has 2 saturated heterocycles. The number of benzene rings is 1. The molecule has 2 aliphatic rings. The average molecular weight is 449 g/mol. The van der Waals surface area contributed by atoms with Crippen LogP contribution in [0.2, 0.25) is 5.02 Å². The van der Waals surface area contributed by atoms with E-state index in [1.807, 2.05) is 36.2 Å². The minimum Gasteiger partial charge on any atom is -0.356 e. The van der Waals surface area contributed by atoms with Gasteiger partial charge >= 0.3 is 0 Å². The van der Waals surface area contributed by atoms with Crippen LogP contribution in [0.5, 0.6) is 0 Å². The van der Waals surface area contributed by atoms with Crippen LogP contribution in [-0.4, -0.2) is 111 Å². The summed E-state index contributed by atoms with van der Waals surface area (Å²) >= 11 is 6.04. The number of rotatable bonds is 6. The van der Waals surface area contributed by atoms with Crippen molar-refractivity contribution >= 4 is 23.5 Å². The van der Waals surface area contributed by atoms with E-state index in [2.05, 4.69) is 39.0 Å². The first kappa shape index (κ1) is 23.8. The van der Waals surface area contributed by atoms with Gasteiger partial charge in [-0.2, -0.15) is 0 Å². The van der Waals surface area contributed by atoms with Gasteiger partial charge in [-0.15, -0.1) is 0 Å². The van der Waals surface area contributed by atoms with Gasteiger partial charge in [0.05, 0.1) is 6.42 Å². The predicted molar refractivity (Wildman–Crippen MR) is 128 cm³/mol. The second-order valence-corrected chi connectivity index (χ2v) is 9.25. The summed E-state index contributed by atoms with van der Waals surface area (Å²) in [5.41, 5.74) is 0.965. The maximum absolute atomic E-state index is 12.7. The zero-order valence-corrected chi connectivity index (χ0v) is 19.9. The summed E-state index contributed by atoms with van der Waals surface area (Å²) in [6, 6.07) is 7.54. The summed E-state index contributed by atoms with van der Waals surface area (Å²) in [7, 11) is 4.03. The van der Waals surface area contributed by atoms with Gasteiger partial charge in [0.1, 0.15) is 0 Å². The Bertz CT molecular complexity index is 741. The molecule has 8 heteroatoms. The highest BCUT2D eigenvalue weighted by atomic mass is 35.5. The van der Waals surface area contributed by atoms with Crippen LogP contribution in [0.3, 0.4) is 0 Å². The summed E-state index contributed by atoms with van der Waals surface area (Å²) in [5.74, 6) is 1.65. The van der Waals surface area contributed by atoms with E-state index in [0.29, 0.717) is 17.4 Å². The molecule has 1 amide bonds. The highest BCUT2D eigenvalue weighted by Crippen LogP contribution is 2.13. The van der Waals surface area contributed by atoms with Crippen LogP contribution >= 0.6 is 11.6 Å². The third-order valence-electron chi connectivity index (χ3n) is 6.16. The third kappa shape index (κ3) is 7.37. The van der Waals surface area contributed by atoms with Crippen molar-refractivity contribution in [1.29, 1.82) is 0 Å². The fourth-order valence-corrected chi connectivity index (χ4v) is 4.45. The van der Waals surface area contributed by atoms with E-state index in [9.17, 15) is 4.79 Å². The number of carbonyl (C=O) groups is 1. The van der Waals surface area contributed by atoms with Gasteiger partial charge in [-0.25, -0.2) is 0 Å². The lowest BCUT2D eigenvalue weighted by Gasteiger charge is -2.37. The molecular formula is C23H37ClN6O. The Hall–Kier alpha value is -1.83.